The molecule has 0 saturated carbocycles. The predicted molar refractivity (Wildman–Crippen MR) is 98.0 cm³/mol. The van der Waals surface area contributed by atoms with E-state index in [0.29, 0.717) is 11.4 Å². The number of aryl methyl sites for hydroxylation is 2. The van der Waals surface area contributed by atoms with Gasteiger partial charge in [0, 0.05) is 30.8 Å². The van der Waals surface area contributed by atoms with E-state index in [9.17, 15) is 9.59 Å². The lowest BCUT2D eigenvalue weighted by atomic mass is 10.1. The van der Waals surface area contributed by atoms with Crippen molar-refractivity contribution in [2.75, 3.05) is 18.0 Å². The number of aliphatic carboxylic acids is 1. The van der Waals surface area contributed by atoms with Gasteiger partial charge in [-0.3, -0.25) is 14.6 Å². The SMILES string of the molecule is Cc1nc(C)c(-c2ccc(N3CCC(CC(=O)O)C3)cc2)nc1C(N)=O. The summed E-state index contributed by atoms with van der Waals surface area (Å²) in [5.74, 6) is -1.14. The molecule has 136 valence electrons. The van der Waals surface area contributed by atoms with Gasteiger partial charge in [0.25, 0.3) is 5.91 Å². The van der Waals surface area contributed by atoms with E-state index >= 15 is 0 Å². The van der Waals surface area contributed by atoms with E-state index in [1.807, 2.05) is 31.2 Å². The molecule has 2 heterocycles. The zero-order valence-corrected chi connectivity index (χ0v) is 14.9. The van der Waals surface area contributed by atoms with Gasteiger partial charge in [-0.15, -0.1) is 0 Å². The molecule has 1 aliphatic rings. The van der Waals surface area contributed by atoms with Crippen molar-refractivity contribution in [1.82, 2.24) is 9.97 Å². The zero-order chi connectivity index (χ0) is 18.8. The van der Waals surface area contributed by atoms with Gasteiger partial charge in [-0.05, 0) is 38.3 Å². The number of hydrogen-bond donors (Lipinski definition) is 2. The van der Waals surface area contributed by atoms with Gasteiger partial charge in [0.1, 0.15) is 5.69 Å². The van der Waals surface area contributed by atoms with Crippen LogP contribution in [0, 0.1) is 19.8 Å². The molecule has 1 unspecified atom stereocenters. The average molecular weight is 354 g/mol. The van der Waals surface area contributed by atoms with Crippen LogP contribution in [0.15, 0.2) is 24.3 Å². The average Bonchev–Trinajstić information content (AvgIpc) is 3.02. The molecular formula is C19H22N4O3. The number of benzene rings is 1. The molecule has 1 saturated heterocycles. The highest BCUT2D eigenvalue weighted by Crippen LogP contribution is 2.28. The number of anilines is 1. The van der Waals surface area contributed by atoms with Gasteiger partial charge in [0.05, 0.1) is 17.1 Å². The molecule has 1 aliphatic heterocycles. The van der Waals surface area contributed by atoms with E-state index in [1.54, 1.807) is 6.92 Å². The minimum atomic E-state index is -0.745. The first kappa shape index (κ1) is 17.8. The molecule has 26 heavy (non-hydrogen) atoms. The number of hydrogen-bond acceptors (Lipinski definition) is 5. The standard InChI is InChI=1S/C19H22N4O3/c1-11-17(22-18(19(20)26)12(2)21-11)14-3-5-15(6-4-14)23-8-7-13(10-23)9-16(24)25/h3-6,13H,7-10H2,1-2H3,(H2,20,26)(H,24,25). The lowest BCUT2D eigenvalue weighted by Crippen LogP contribution is -2.20. The van der Waals surface area contributed by atoms with Crippen molar-refractivity contribution < 1.29 is 14.7 Å². The van der Waals surface area contributed by atoms with Crippen molar-refractivity contribution in [3.8, 4) is 11.3 Å². The molecule has 0 spiro atoms. The number of carboxylic acids is 1. The summed E-state index contributed by atoms with van der Waals surface area (Å²) in [6.07, 6.45) is 1.10. The molecule has 1 atom stereocenters. The number of rotatable bonds is 5. The number of primary amides is 1. The number of nitrogens with two attached hydrogens (primary N) is 1. The van der Waals surface area contributed by atoms with Gasteiger partial charge in [-0.1, -0.05) is 12.1 Å². The number of carboxylic acid groups (broad SMARTS) is 1. The van der Waals surface area contributed by atoms with Crippen LogP contribution in [0.4, 0.5) is 5.69 Å². The largest absolute Gasteiger partial charge is 0.481 e. The minimum Gasteiger partial charge on any atom is -0.481 e. The van der Waals surface area contributed by atoms with E-state index in [-0.39, 0.29) is 18.0 Å². The smallest absolute Gasteiger partial charge is 0.303 e. The van der Waals surface area contributed by atoms with E-state index in [4.69, 9.17) is 10.8 Å². The molecule has 1 aromatic heterocycles. The normalized spacial score (nSPS) is 16.7. The minimum absolute atomic E-state index is 0.186. The summed E-state index contributed by atoms with van der Waals surface area (Å²) in [4.78, 5) is 33.4. The second kappa shape index (κ2) is 7.11. The van der Waals surface area contributed by atoms with Crippen LogP contribution < -0.4 is 10.6 Å². The third-order valence-electron chi connectivity index (χ3n) is 4.73. The number of aromatic nitrogens is 2. The van der Waals surface area contributed by atoms with Gasteiger partial charge in [0.15, 0.2) is 0 Å². The Morgan fingerprint density at radius 2 is 1.88 bits per heavy atom. The molecule has 0 aliphatic carbocycles. The molecule has 1 aromatic carbocycles. The zero-order valence-electron chi connectivity index (χ0n) is 14.9. The maximum absolute atomic E-state index is 11.5. The molecule has 1 fully saturated rings. The Labute approximate surface area is 151 Å². The van der Waals surface area contributed by atoms with E-state index < -0.39 is 11.9 Å². The van der Waals surface area contributed by atoms with Gasteiger partial charge in [-0.25, -0.2) is 4.98 Å². The Bertz CT molecular complexity index is 849. The maximum Gasteiger partial charge on any atom is 0.303 e. The summed E-state index contributed by atoms with van der Waals surface area (Å²) in [5.41, 5.74) is 9.38. The van der Waals surface area contributed by atoms with Crippen LogP contribution >= 0.6 is 0 Å². The van der Waals surface area contributed by atoms with E-state index in [0.717, 1.165) is 36.5 Å². The summed E-state index contributed by atoms with van der Waals surface area (Å²) in [6.45, 7) is 5.17. The Balaban J connectivity index is 1.81. The molecule has 3 N–H and O–H groups in total. The monoisotopic (exact) mass is 354 g/mol. The van der Waals surface area contributed by atoms with Gasteiger partial charge in [0.2, 0.25) is 0 Å². The van der Waals surface area contributed by atoms with Crippen molar-refractivity contribution >= 4 is 17.6 Å². The molecular weight excluding hydrogens is 332 g/mol. The molecule has 3 rings (SSSR count). The first-order chi connectivity index (χ1) is 12.3. The number of carbonyl (C=O) groups excluding carboxylic acids is 1. The molecule has 0 radical (unpaired) electrons. The van der Waals surface area contributed by atoms with Gasteiger partial charge < -0.3 is 15.7 Å². The lowest BCUT2D eigenvalue weighted by Gasteiger charge is -2.19. The van der Waals surface area contributed by atoms with Crippen LogP contribution in [0.1, 0.15) is 34.7 Å². The van der Waals surface area contributed by atoms with Crippen molar-refractivity contribution in [3.63, 3.8) is 0 Å². The Morgan fingerprint density at radius 1 is 1.19 bits per heavy atom. The van der Waals surface area contributed by atoms with Crippen molar-refractivity contribution in [1.29, 1.82) is 0 Å². The number of nitrogens with zero attached hydrogens (tertiary/aromatic N) is 3. The van der Waals surface area contributed by atoms with Crippen molar-refractivity contribution in [2.24, 2.45) is 11.7 Å². The van der Waals surface area contributed by atoms with Crippen LogP contribution in [0.25, 0.3) is 11.3 Å². The summed E-state index contributed by atoms with van der Waals surface area (Å²) < 4.78 is 0. The van der Waals surface area contributed by atoms with Crippen molar-refractivity contribution in [2.45, 2.75) is 26.7 Å². The molecule has 7 nitrogen and oxygen atoms in total. The fourth-order valence-corrected chi connectivity index (χ4v) is 3.45. The fraction of sp³-hybridized carbons (Fsp3) is 0.368. The molecule has 2 aromatic rings. The third-order valence-corrected chi connectivity index (χ3v) is 4.73. The maximum atomic E-state index is 11.5. The topological polar surface area (TPSA) is 109 Å². The highest BCUT2D eigenvalue weighted by Gasteiger charge is 2.24. The first-order valence-electron chi connectivity index (χ1n) is 8.57. The quantitative estimate of drug-likeness (QED) is 0.851. The van der Waals surface area contributed by atoms with Crippen LogP contribution in [-0.2, 0) is 4.79 Å². The Morgan fingerprint density at radius 3 is 2.50 bits per heavy atom. The van der Waals surface area contributed by atoms with Crippen molar-refractivity contribution in [3.05, 3.63) is 41.3 Å². The van der Waals surface area contributed by atoms with Crippen LogP contribution in [0.5, 0.6) is 0 Å². The highest BCUT2D eigenvalue weighted by atomic mass is 16.4. The van der Waals surface area contributed by atoms with Gasteiger partial charge in [-0.2, -0.15) is 0 Å². The summed E-state index contributed by atoms with van der Waals surface area (Å²) in [5, 5.41) is 8.94. The Hall–Kier alpha value is -2.96. The van der Waals surface area contributed by atoms with Crippen LogP contribution in [-0.4, -0.2) is 40.0 Å². The van der Waals surface area contributed by atoms with Crippen LogP contribution in [0.2, 0.25) is 0 Å². The Kier molecular flexibility index (Phi) is 4.88. The molecule has 1 amide bonds. The van der Waals surface area contributed by atoms with Gasteiger partial charge >= 0.3 is 5.97 Å². The number of carbonyl (C=O) groups is 2. The fourth-order valence-electron chi connectivity index (χ4n) is 3.45. The first-order valence-corrected chi connectivity index (χ1v) is 8.57. The molecule has 0 bridgehead atoms. The van der Waals surface area contributed by atoms with Crippen LogP contribution in [0.3, 0.4) is 0 Å². The highest BCUT2D eigenvalue weighted by molar-refractivity contribution is 5.92. The molecule has 7 heteroatoms. The third kappa shape index (κ3) is 3.66. The predicted octanol–water partition coefficient (Wildman–Crippen LogP) is 2.16. The summed E-state index contributed by atoms with van der Waals surface area (Å²) in [6, 6.07) is 7.86. The van der Waals surface area contributed by atoms with E-state index in [2.05, 4.69) is 14.9 Å². The van der Waals surface area contributed by atoms with E-state index in [1.165, 1.54) is 0 Å². The summed E-state index contributed by atoms with van der Waals surface area (Å²) >= 11 is 0. The number of amides is 1. The second-order valence-corrected chi connectivity index (χ2v) is 6.70. The second-order valence-electron chi connectivity index (χ2n) is 6.70. The summed E-state index contributed by atoms with van der Waals surface area (Å²) in [7, 11) is 0. The lowest BCUT2D eigenvalue weighted by molar-refractivity contribution is -0.137.